The molecular weight excluding hydrogens is 500 g/mol. The Kier molecular flexibility index (Phi) is 5.72. The molecule has 2 aromatic rings. The molecule has 1 aromatic heterocycles. The molecule has 0 radical (unpaired) electrons. The van der Waals surface area contributed by atoms with Gasteiger partial charge in [0.15, 0.2) is 0 Å². The topological polar surface area (TPSA) is 12.9 Å². The minimum Gasteiger partial charge on any atom is -0.244 e. The molecule has 0 saturated heterocycles. The van der Waals surface area contributed by atoms with Gasteiger partial charge in [0.2, 0.25) is 0 Å². The molecule has 0 atom stereocenters. The largest absolute Gasteiger partial charge is 0.435 e. The normalized spacial score (nSPS) is 13.7. The number of nitrogens with zero attached hydrogens (tertiary/aromatic N) is 1. The van der Waals surface area contributed by atoms with E-state index < -0.39 is 57.0 Å². The molecule has 0 aliphatic rings. The van der Waals surface area contributed by atoms with Gasteiger partial charge in [-0.05, 0) is 24.3 Å². The fourth-order valence-corrected chi connectivity index (χ4v) is 3.13. The molecule has 0 fully saturated rings. The highest BCUT2D eigenvalue weighted by Crippen LogP contribution is 2.57. The maximum Gasteiger partial charge on any atom is 0.435 e. The van der Waals surface area contributed by atoms with E-state index in [1.165, 1.54) is 0 Å². The zero-order valence-electron chi connectivity index (χ0n) is 12.9. The first-order valence-electron chi connectivity index (χ1n) is 6.85. The molecule has 0 N–H and O–H groups in total. The second-order valence-corrected chi connectivity index (χ2v) is 6.64. The summed E-state index contributed by atoms with van der Waals surface area (Å²) in [4.78, 5) is 3.45. The van der Waals surface area contributed by atoms with E-state index >= 15 is 0 Å². The second-order valence-electron chi connectivity index (χ2n) is 5.40. The van der Waals surface area contributed by atoms with Crippen LogP contribution in [-0.2, 0) is 11.8 Å². The third-order valence-electron chi connectivity index (χ3n) is 3.59. The van der Waals surface area contributed by atoms with Crippen molar-refractivity contribution >= 4 is 27.5 Å². The number of hydrogen-bond acceptors (Lipinski definition) is 1. The van der Waals surface area contributed by atoms with Gasteiger partial charge in [0.25, 0.3) is 0 Å². The molecule has 0 spiro atoms. The fourth-order valence-electron chi connectivity index (χ4n) is 2.33. The van der Waals surface area contributed by atoms with Crippen molar-refractivity contribution in [3.63, 3.8) is 0 Å². The number of aromatic nitrogens is 1. The Morgan fingerprint density at radius 3 is 1.75 bits per heavy atom. The molecule has 1 aromatic carbocycles. The van der Waals surface area contributed by atoms with Gasteiger partial charge >= 0.3 is 24.2 Å². The standard InChI is InChI=1S/C15H5BrClF10N/c16-9-4-7(13(19,20)21)3-8(11(9)6-1-2-10(17)28-5-6)12(18,14(22,23)24)15(25,26)27/h1-5H. The van der Waals surface area contributed by atoms with Gasteiger partial charge in [0, 0.05) is 27.4 Å². The van der Waals surface area contributed by atoms with Crippen LogP contribution in [0.25, 0.3) is 11.1 Å². The van der Waals surface area contributed by atoms with Crippen molar-refractivity contribution < 1.29 is 43.9 Å². The molecule has 13 heteroatoms. The molecule has 1 heterocycles. The van der Waals surface area contributed by atoms with E-state index in [-0.39, 0.29) is 11.2 Å². The fraction of sp³-hybridized carbons (Fsp3) is 0.267. The summed E-state index contributed by atoms with van der Waals surface area (Å²) in [6, 6.07) is 1.57. The van der Waals surface area contributed by atoms with Gasteiger partial charge in [0.05, 0.1) is 5.56 Å². The number of pyridine rings is 1. The molecular formula is C15H5BrClF10N. The number of hydrogen-bond donors (Lipinski definition) is 0. The van der Waals surface area contributed by atoms with Gasteiger partial charge < -0.3 is 0 Å². The summed E-state index contributed by atoms with van der Waals surface area (Å²) in [5, 5.41) is -0.202. The van der Waals surface area contributed by atoms with E-state index in [0.29, 0.717) is 6.20 Å². The van der Waals surface area contributed by atoms with Crippen molar-refractivity contribution in [2.45, 2.75) is 24.2 Å². The quantitative estimate of drug-likeness (QED) is 0.305. The zero-order valence-corrected chi connectivity index (χ0v) is 15.2. The lowest BCUT2D eigenvalue weighted by Crippen LogP contribution is -2.50. The van der Waals surface area contributed by atoms with Crippen LogP contribution in [-0.4, -0.2) is 17.3 Å². The van der Waals surface area contributed by atoms with Crippen LogP contribution in [0.3, 0.4) is 0 Å². The summed E-state index contributed by atoms with van der Waals surface area (Å²) < 4.78 is 132. The van der Waals surface area contributed by atoms with Crippen LogP contribution in [0.2, 0.25) is 5.15 Å². The van der Waals surface area contributed by atoms with E-state index in [9.17, 15) is 43.9 Å². The van der Waals surface area contributed by atoms with E-state index in [2.05, 4.69) is 20.9 Å². The van der Waals surface area contributed by atoms with Crippen molar-refractivity contribution in [3.05, 3.63) is 51.2 Å². The first-order chi connectivity index (χ1) is 12.5. The average Bonchev–Trinajstić information content (AvgIpc) is 2.51. The molecule has 0 saturated carbocycles. The lowest BCUT2D eigenvalue weighted by molar-refractivity contribution is -0.348. The van der Waals surface area contributed by atoms with Crippen molar-refractivity contribution in [2.75, 3.05) is 0 Å². The third kappa shape index (κ3) is 3.93. The van der Waals surface area contributed by atoms with Crippen molar-refractivity contribution in [1.82, 2.24) is 4.98 Å². The Morgan fingerprint density at radius 2 is 1.36 bits per heavy atom. The molecule has 0 amide bonds. The Morgan fingerprint density at radius 1 is 0.821 bits per heavy atom. The highest BCUT2D eigenvalue weighted by molar-refractivity contribution is 9.10. The predicted molar refractivity (Wildman–Crippen MR) is 82.3 cm³/mol. The van der Waals surface area contributed by atoms with Crippen LogP contribution < -0.4 is 0 Å². The summed E-state index contributed by atoms with van der Waals surface area (Å²) in [7, 11) is 0. The Balaban J connectivity index is 3.00. The molecule has 0 aliphatic heterocycles. The van der Waals surface area contributed by atoms with E-state index in [1.54, 1.807) is 0 Å². The maximum atomic E-state index is 14.6. The van der Waals surface area contributed by atoms with E-state index in [4.69, 9.17) is 11.6 Å². The first-order valence-corrected chi connectivity index (χ1v) is 8.02. The summed E-state index contributed by atoms with van der Waals surface area (Å²) in [6.45, 7) is 0. The average molecular weight is 505 g/mol. The van der Waals surface area contributed by atoms with Gasteiger partial charge in [-0.25, -0.2) is 9.37 Å². The first kappa shape index (κ1) is 22.7. The third-order valence-corrected chi connectivity index (χ3v) is 4.43. The molecule has 28 heavy (non-hydrogen) atoms. The monoisotopic (exact) mass is 503 g/mol. The van der Waals surface area contributed by atoms with Gasteiger partial charge in [-0.15, -0.1) is 0 Å². The lowest BCUT2D eigenvalue weighted by atomic mass is 9.86. The van der Waals surface area contributed by atoms with Crippen LogP contribution >= 0.6 is 27.5 Å². The number of benzene rings is 1. The van der Waals surface area contributed by atoms with Crippen LogP contribution in [0.1, 0.15) is 11.1 Å². The Labute approximate surface area is 163 Å². The van der Waals surface area contributed by atoms with Gasteiger partial charge in [-0.3, -0.25) is 0 Å². The SMILES string of the molecule is FC(F)(F)c1cc(Br)c(-c2ccc(Cl)nc2)c(C(F)(C(F)(F)F)C(F)(F)F)c1. The minimum absolute atomic E-state index is 0.202. The summed E-state index contributed by atoms with van der Waals surface area (Å²) in [5.74, 6) is 0. The van der Waals surface area contributed by atoms with Gasteiger partial charge in [-0.2, -0.15) is 39.5 Å². The summed E-state index contributed by atoms with van der Waals surface area (Å²) in [5.41, 5.74) is -11.9. The van der Waals surface area contributed by atoms with Crippen molar-refractivity contribution in [2.24, 2.45) is 0 Å². The lowest BCUT2D eigenvalue weighted by Gasteiger charge is -2.32. The Bertz CT molecular complexity index is 857. The highest BCUT2D eigenvalue weighted by atomic mass is 79.9. The van der Waals surface area contributed by atoms with Gasteiger partial charge in [-0.1, -0.05) is 27.5 Å². The van der Waals surface area contributed by atoms with E-state index in [0.717, 1.165) is 12.1 Å². The van der Waals surface area contributed by atoms with Crippen molar-refractivity contribution in [3.8, 4) is 11.1 Å². The molecule has 1 nitrogen and oxygen atoms in total. The van der Waals surface area contributed by atoms with Crippen LogP contribution in [0.4, 0.5) is 43.9 Å². The van der Waals surface area contributed by atoms with Crippen LogP contribution in [0.15, 0.2) is 34.9 Å². The van der Waals surface area contributed by atoms with Crippen LogP contribution in [0.5, 0.6) is 0 Å². The minimum atomic E-state index is -6.61. The molecule has 154 valence electrons. The molecule has 0 aliphatic carbocycles. The molecule has 0 bridgehead atoms. The van der Waals surface area contributed by atoms with Crippen LogP contribution in [0, 0.1) is 0 Å². The van der Waals surface area contributed by atoms with E-state index in [1.807, 2.05) is 0 Å². The summed E-state index contributed by atoms with van der Waals surface area (Å²) in [6.07, 6.45) is -17.9. The number of rotatable bonds is 2. The number of halogens is 12. The second kappa shape index (κ2) is 7.05. The molecule has 2 rings (SSSR count). The highest BCUT2D eigenvalue weighted by Gasteiger charge is 2.74. The summed E-state index contributed by atoms with van der Waals surface area (Å²) >= 11 is 8.00. The maximum absolute atomic E-state index is 14.6. The number of alkyl halides is 10. The van der Waals surface area contributed by atoms with Gasteiger partial charge in [0.1, 0.15) is 5.15 Å². The smallest absolute Gasteiger partial charge is 0.244 e. The zero-order chi connectivity index (χ0) is 21.7. The Hall–Kier alpha value is -1.56. The van der Waals surface area contributed by atoms with Crippen molar-refractivity contribution in [1.29, 1.82) is 0 Å². The predicted octanol–water partition coefficient (Wildman–Crippen LogP) is 7.47. The molecule has 0 unspecified atom stereocenters.